The number of methoxy groups -OCH3 is 1. The fourth-order valence-electron chi connectivity index (χ4n) is 3.28. The molecule has 0 aromatic heterocycles. The zero-order chi connectivity index (χ0) is 19.1. The summed E-state index contributed by atoms with van der Waals surface area (Å²) in [5, 5.41) is 1.24. The van der Waals surface area contributed by atoms with Gasteiger partial charge in [-0.25, -0.2) is 9.90 Å². The fourth-order valence-corrected chi connectivity index (χ4v) is 3.28. The second-order valence-electron chi connectivity index (χ2n) is 7.36. The lowest BCUT2D eigenvalue weighted by Crippen LogP contribution is -2.44. The molecule has 1 fully saturated rings. The third-order valence-electron chi connectivity index (χ3n) is 4.83. The molecule has 1 amide bonds. The van der Waals surface area contributed by atoms with Crippen LogP contribution in [0.1, 0.15) is 43.4 Å². The molecule has 1 heterocycles. The molecule has 0 atom stereocenters. The summed E-state index contributed by atoms with van der Waals surface area (Å²) in [6.45, 7) is 7.41. The van der Waals surface area contributed by atoms with Gasteiger partial charge in [-0.05, 0) is 57.2 Å². The molecule has 0 radical (unpaired) electrons. The van der Waals surface area contributed by atoms with Crippen molar-refractivity contribution in [2.45, 2.75) is 46.1 Å². The number of hydrogen-bond donors (Lipinski definition) is 0. The molecular formula is C20H25NO5. The Hall–Kier alpha value is -2.18. The van der Waals surface area contributed by atoms with Gasteiger partial charge in [0.1, 0.15) is 11.3 Å². The second kappa shape index (κ2) is 6.85. The zero-order valence-electron chi connectivity index (χ0n) is 15.9. The van der Waals surface area contributed by atoms with Gasteiger partial charge in [0.25, 0.3) is 5.91 Å². The first-order chi connectivity index (χ1) is 12.3. The van der Waals surface area contributed by atoms with Crippen molar-refractivity contribution in [1.29, 1.82) is 0 Å². The normalized spacial score (nSPS) is 19.3. The average Bonchev–Trinajstić information content (AvgIpc) is 3.39. The van der Waals surface area contributed by atoms with Crippen LogP contribution in [-0.2, 0) is 23.9 Å². The minimum absolute atomic E-state index is 0.0680. The number of ether oxygens (including phenoxy) is 2. The van der Waals surface area contributed by atoms with Crippen LogP contribution in [0, 0.1) is 19.8 Å². The molecule has 6 heteroatoms. The van der Waals surface area contributed by atoms with Crippen LogP contribution < -0.4 is 0 Å². The minimum atomic E-state index is -0.926. The van der Waals surface area contributed by atoms with Crippen molar-refractivity contribution in [2.75, 3.05) is 13.9 Å². The number of esters is 1. The van der Waals surface area contributed by atoms with E-state index in [2.05, 4.69) is 0 Å². The lowest BCUT2D eigenvalue weighted by molar-refractivity contribution is -0.239. The predicted octanol–water partition coefficient (Wildman–Crippen LogP) is 3.12. The number of carbonyl (C=O) groups excluding carboxylic acids is 2. The number of amides is 1. The molecule has 1 saturated carbocycles. The molecule has 2 aliphatic rings. The first-order valence-corrected chi connectivity index (χ1v) is 8.78. The van der Waals surface area contributed by atoms with Crippen LogP contribution in [0.3, 0.4) is 0 Å². The van der Waals surface area contributed by atoms with Crippen LogP contribution in [0.2, 0.25) is 0 Å². The Balaban J connectivity index is 2.12. The summed E-state index contributed by atoms with van der Waals surface area (Å²) in [5.74, 6) is -0.337. The number of hydroxylamine groups is 2. The van der Waals surface area contributed by atoms with Gasteiger partial charge in [-0.15, -0.1) is 0 Å². The van der Waals surface area contributed by atoms with Gasteiger partial charge in [0.05, 0.1) is 11.5 Å². The molecule has 0 saturated heterocycles. The fraction of sp³-hybridized carbons (Fsp3) is 0.500. The van der Waals surface area contributed by atoms with Crippen molar-refractivity contribution in [3.8, 4) is 0 Å². The number of aryl methyl sites for hydroxylation is 2. The summed E-state index contributed by atoms with van der Waals surface area (Å²) in [6, 6.07) is 5.82. The van der Waals surface area contributed by atoms with Crippen molar-refractivity contribution in [1.82, 2.24) is 5.06 Å². The van der Waals surface area contributed by atoms with Crippen LogP contribution >= 0.6 is 0 Å². The van der Waals surface area contributed by atoms with Gasteiger partial charge in [0, 0.05) is 7.11 Å². The standard InChI is InChI=1S/C20H25NO5/c1-12-7-6-8-13(2)15(12)16-17(26-19(23)14-9-10-14)20(3,4)21(18(16)22)25-11-24-5/h6-8,14H,9-11H2,1-5H3. The van der Waals surface area contributed by atoms with E-state index >= 15 is 0 Å². The third-order valence-corrected chi connectivity index (χ3v) is 4.83. The summed E-state index contributed by atoms with van der Waals surface area (Å²) in [4.78, 5) is 31.1. The highest BCUT2D eigenvalue weighted by Gasteiger charge is 2.51. The topological polar surface area (TPSA) is 65.1 Å². The van der Waals surface area contributed by atoms with Crippen molar-refractivity contribution < 1.29 is 23.9 Å². The maximum absolute atomic E-state index is 13.2. The zero-order valence-corrected chi connectivity index (χ0v) is 15.9. The molecule has 1 aromatic carbocycles. The number of carbonyl (C=O) groups is 2. The molecule has 0 bridgehead atoms. The van der Waals surface area contributed by atoms with Gasteiger partial charge in [-0.1, -0.05) is 18.2 Å². The number of rotatable bonds is 6. The van der Waals surface area contributed by atoms with E-state index in [1.54, 1.807) is 13.8 Å². The monoisotopic (exact) mass is 359 g/mol. The summed E-state index contributed by atoms with van der Waals surface area (Å²) >= 11 is 0. The highest BCUT2D eigenvalue weighted by molar-refractivity contribution is 6.23. The van der Waals surface area contributed by atoms with E-state index in [-0.39, 0.29) is 24.6 Å². The highest BCUT2D eigenvalue weighted by Crippen LogP contribution is 2.44. The van der Waals surface area contributed by atoms with Crippen molar-refractivity contribution in [2.24, 2.45) is 5.92 Å². The summed E-state index contributed by atoms with van der Waals surface area (Å²) in [6.07, 6.45) is 1.67. The maximum Gasteiger partial charge on any atom is 0.314 e. The molecule has 26 heavy (non-hydrogen) atoms. The molecule has 6 nitrogen and oxygen atoms in total. The average molecular weight is 359 g/mol. The van der Waals surface area contributed by atoms with Gasteiger partial charge >= 0.3 is 5.97 Å². The number of nitrogens with zero attached hydrogens (tertiary/aromatic N) is 1. The van der Waals surface area contributed by atoms with E-state index in [0.717, 1.165) is 29.5 Å². The molecule has 1 aliphatic carbocycles. The first kappa shape index (κ1) is 18.6. The summed E-state index contributed by atoms with van der Waals surface area (Å²) in [5.41, 5.74) is 2.13. The van der Waals surface area contributed by atoms with E-state index < -0.39 is 5.54 Å². The van der Waals surface area contributed by atoms with Crippen molar-refractivity contribution in [3.63, 3.8) is 0 Å². The Morgan fingerprint density at radius 2 is 1.85 bits per heavy atom. The van der Waals surface area contributed by atoms with E-state index in [0.29, 0.717) is 11.3 Å². The van der Waals surface area contributed by atoms with E-state index in [9.17, 15) is 9.59 Å². The van der Waals surface area contributed by atoms with Crippen LogP contribution in [-0.4, -0.2) is 36.4 Å². The van der Waals surface area contributed by atoms with Gasteiger partial charge in [0.2, 0.25) is 0 Å². The molecule has 0 N–H and O–H groups in total. The summed E-state index contributed by atoms with van der Waals surface area (Å²) < 4.78 is 10.7. The Labute approximate surface area is 153 Å². The van der Waals surface area contributed by atoms with Gasteiger partial charge < -0.3 is 9.47 Å². The number of hydrogen-bond acceptors (Lipinski definition) is 5. The molecule has 140 valence electrons. The van der Waals surface area contributed by atoms with E-state index in [1.165, 1.54) is 12.2 Å². The SMILES string of the molecule is COCON1C(=O)C(c2c(C)cccc2C)=C(OC(=O)C2CC2)C1(C)C. The number of benzene rings is 1. The van der Waals surface area contributed by atoms with Crippen LogP contribution in [0.5, 0.6) is 0 Å². The Morgan fingerprint density at radius 1 is 1.23 bits per heavy atom. The smallest absolute Gasteiger partial charge is 0.314 e. The Kier molecular flexibility index (Phi) is 4.90. The van der Waals surface area contributed by atoms with Gasteiger partial charge in [0.15, 0.2) is 6.79 Å². The quantitative estimate of drug-likeness (QED) is 0.577. The molecule has 1 aromatic rings. The molecule has 0 spiro atoms. The largest absolute Gasteiger partial charge is 0.427 e. The van der Waals surface area contributed by atoms with Gasteiger partial charge in [-0.2, -0.15) is 0 Å². The van der Waals surface area contributed by atoms with Gasteiger partial charge in [-0.3, -0.25) is 9.59 Å². The lowest BCUT2D eigenvalue weighted by Gasteiger charge is -2.31. The molecular weight excluding hydrogens is 334 g/mol. The molecule has 3 rings (SSSR count). The Morgan fingerprint density at radius 3 is 2.38 bits per heavy atom. The third kappa shape index (κ3) is 3.15. The Bertz CT molecular complexity index is 756. The van der Waals surface area contributed by atoms with E-state index in [4.69, 9.17) is 14.3 Å². The maximum atomic E-state index is 13.2. The van der Waals surface area contributed by atoms with E-state index in [1.807, 2.05) is 32.0 Å². The molecule has 1 aliphatic heterocycles. The minimum Gasteiger partial charge on any atom is -0.427 e. The van der Waals surface area contributed by atoms with Crippen LogP contribution in [0.15, 0.2) is 24.0 Å². The highest BCUT2D eigenvalue weighted by atomic mass is 16.8. The first-order valence-electron chi connectivity index (χ1n) is 8.78. The van der Waals surface area contributed by atoms with Crippen molar-refractivity contribution >= 4 is 17.4 Å². The van der Waals surface area contributed by atoms with Crippen molar-refractivity contribution in [3.05, 3.63) is 40.6 Å². The molecule has 0 unspecified atom stereocenters. The van der Waals surface area contributed by atoms with Crippen LogP contribution in [0.4, 0.5) is 0 Å². The summed E-state index contributed by atoms with van der Waals surface area (Å²) in [7, 11) is 1.49. The lowest BCUT2D eigenvalue weighted by atomic mass is 9.93. The predicted molar refractivity (Wildman–Crippen MR) is 95.5 cm³/mol. The second-order valence-corrected chi connectivity index (χ2v) is 7.36. The van der Waals surface area contributed by atoms with Crippen LogP contribution in [0.25, 0.3) is 5.57 Å².